The quantitative estimate of drug-likeness (QED) is 0.649. The van der Waals surface area contributed by atoms with Crippen molar-refractivity contribution in [1.29, 1.82) is 0 Å². The number of thiophene rings is 1. The van der Waals surface area contributed by atoms with Gasteiger partial charge in [-0.2, -0.15) is 0 Å². The first-order valence-corrected chi connectivity index (χ1v) is 6.39. The third-order valence-corrected chi connectivity index (χ3v) is 2.80. The summed E-state index contributed by atoms with van der Waals surface area (Å²) in [6, 6.07) is 6.82. The maximum Gasteiger partial charge on any atom is 0.221 e. The van der Waals surface area contributed by atoms with Gasteiger partial charge in [-0.1, -0.05) is 6.07 Å². The van der Waals surface area contributed by atoms with Gasteiger partial charge in [0.2, 0.25) is 6.41 Å². The summed E-state index contributed by atoms with van der Waals surface area (Å²) in [4.78, 5) is 9.68. The molecule has 1 amide bonds. The van der Waals surface area contributed by atoms with Crippen LogP contribution in [0, 0.1) is 5.82 Å². The Hall–Kier alpha value is -1.46. The molecule has 5 heteroatoms. The number of nitrogens with one attached hydrogen (secondary N) is 2. The molecule has 2 aromatic rings. The highest BCUT2D eigenvalue weighted by Crippen LogP contribution is 2.20. The third-order valence-electron chi connectivity index (χ3n) is 1.92. The van der Waals surface area contributed by atoms with Gasteiger partial charge in [0, 0.05) is 10.2 Å². The molecule has 0 unspecified atom stereocenters. The summed E-state index contributed by atoms with van der Waals surface area (Å²) in [5, 5.41) is 3.08. The Bertz CT molecular complexity index is 505. The molecule has 3 nitrogen and oxygen atoms in total. The second kappa shape index (κ2) is 6.47. The highest BCUT2D eigenvalue weighted by Gasteiger charge is 2.05. The molecule has 1 aromatic heterocycles. The second-order valence-corrected chi connectivity index (χ2v) is 5.69. The third kappa shape index (κ3) is 5.25. The summed E-state index contributed by atoms with van der Waals surface area (Å²) in [5.74, 6) is -0.157. The molecule has 18 heavy (non-hydrogen) atoms. The Morgan fingerprint density at radius 1 is 1.28 bits per heavy atom. The fourth-order valence-corrected chi connectivity index (χ4v) is 1.99. The van der Waals surface area contributed by atoms with Gasteiger partial charge in [-0.05, 0) is 49.7 Å². The molecular weight excluding hydrogens is 251 g/mol. The standard InChI is InChI=1S/C8H5FS.C5H12N2O/c9-7-2-1-6-3-4-10-8(6)5-7;1-5(2,3)7-6-4-8/h1-5H;4,7H,1-3H3,(H,6,8). The lowest BCUT2D eigenvalue weighted by Gasteiger charge is -2.18. The Kier molecular flexibility index (Phi) is 5.25. The predicted molar refractivity (Wildman–Crippen MR) is 73.9 cm³/mol. The van der Waals surface area contributed by atoms with Crippen LogP contribution >= 0.6 is 11.3 Å². The molecule has 0 bridgehead atoms. The van der Waals surface area contributed by atoms with E-state index in [2.05, 4.69) is 10.9 Å². The van der Waals surface area contributed by atoms with Gasteiger partial charge in [0.15, 0.2) is 0 Å². The topological polar surface area (TPSA) is 41.1 Å². The van der Waals surface area contributed by atoms with Crippen LogP contribution in [0.1, 0.15) is 20.8 Å². The molecule has 0 saturated carbocycles. The van der Waals surface area contributed by atoms with Crippen LogP contribution in [0.2, 0.25) is 0 Å². The number of amides is 1. The van der Waals surface area contributed by atoms with Crippen molar-refractivity contribution in [2.75, 3.05) is 0 Å². The Morgan fingerprint density at radius 2 is 2.00 bits per heavy atom. The number of carbonyl (C=O) groups excluding carboxylic acids is 1. The minimum absolute atomic E-state index is 0.0408. The number of rotatable bonds is 2. The van der Waals surface area contributed by atoms with Crippen LogP contribution in [-0.2, 0) is 4.79 Å². The van der Waals surface area contributed by atoms with E-state index in [1.165, 1.54) is 6.07 Å². The molecule has 98 valence electrons. The van der Waals surface area contributed by atoms with Gasteiger partial charge in [-0.25, -0.2) is 9.82 Å². The Balaban J connectivity index is 0.000000187. The number of hydrazine groups is 1. The van der Waals surface area contributed by atoms with Crippen molar-refractivity contribution in [2.45, 2.75) is 26.3 Å². The smallest absolute Gasteiger partial charge is 0.221 e. The summed E-state index contributed by atoms with van der Waals surface area (Å²) >= 11 is 1.56. The Labute approximate surface area is 110 Å². The molecule has 2 rings (SSSR count). The van der Waals surface area contributed by atoms with Crippen molar-refractivity contribution in [3.8, 4) is 0 Å². The first-order valence-electron chi connectivity index (χ1n) is 5.51. The molecule has 0 aliphatic carbocycles. The van der Waals surface area contributed by atoms with E-state index in [4.69, 9.17) is 0 Å². The number of benzene rings is 1. The predicted octanol–water partition coefficient (Wildman–Crippen LogP) is 3.08. The molecule has 0 spiro atoms. The number of hydrogen-bond donors (Lipinski definition) is 2. The fourth-order valence-electron chi connectivity index (χ4n) is 1.17. The Morgan fingerprint density at radius 3 is 2.56 bits per heavy atom. The largest absolute Gasteiger partial charge is 0.294 e. The van der Waals surface area contributed by atoms with Crippen LogP contribution in [-0.4, -0.2) is 11.9 Å². The van der Waals surface area contributed by atoms with Crippen LogP contribution in [0.15, 0.2) is 29.6 Å². The summed E-state index contributed by atoms with van der Waals surface area (Å²) < 4.78 is 13.5. The first-order chi connectivity index (χ1) is 8.42. The molecular formula is C13H17FN2OS. The van der Waals surface area contributed by atoms with E-state index in [1.54, 1.807) is 23.5 Å². The zero-order chi connectivity index (χ0) is 13.6. The van der Waals surface area contributed by atoms with E-state index in [1.807, 2.05) is 32.2 Å². The van der Waals surface area contributed by atoms with Crippen molar-refractivity contribution >= 4 is 27.8 Å². The van der Waals surface area contributed by atoms with E-state index in [-0.39, 0.29) is 11.4 Å². The van der Waals surface area contributed by atoms with Crippen LogP contribution in [0.4, 0.5) is 4.39 Å². The minimum Gasteiger partial charge on any atom is -0.294 e. The van der Waals surface area contributed by atoms with Crippen molar-refractivity contribution < 1.29 is 9.18 Å². The van der Waals surface area contributed by atoms with Crippen LogP contribution in [0.25, 0.3) is 10.1 Å². The normalized spacial score (nSPS) is 10.7. The minimum atomic E-state index is -0.157. The summed E-state index contributed by atoms with van der Waals surface area (Å²) in [5.41, 5.74) is 5.07. The van der Waals surface area contributed by atoms with Crippen molar-refractivity contribution in [3.63, 3.8) is 0 Å². The summed E-state index contributed by atoms with van der Waals surface area (Å²) in [6.07, 6.45) is 0.616. The van der Waals surface area contributed by atoms with Gasteiger partial charge in [0.05, 0.1) is 0 Å². The molecule has 0 saturated heterocycles. The first kappa shape index (κ1) is 14.6. The molecule has 1 heterocycles. The molecule has 0 atom stereocenters. The number of fused-ring (bicyclic) bond motifs is 1. The maximum atomic E-state index is 12.5. The average molecular weight is 268 g/mol. The van der Waals surface area contributed by atoms with Gasteiger partial charge in [0.25, 0.3) is 0 Å². The fraction of sp³-hybridized carbons (Fsp3) is 0.308. The van der Waals surface area contributed by atoms with E-state index in [0.717, 1.165) is 10.1 Å². The van der Waals surface area contributed by atoms with Crippen molar-refractivity contribution in [2.24, 2.45) is 0 Å². The second-order valence-electron chi connectivity index (χ2n) is 4.74. The van der Waals surface area contributed by atoms with Crippen LogP contribution < -0.4 is 10.9 Å². The van der Waals surface area contributed by atoms with Crippen molar-refractivity contribution in [1.82, 2.24) is 10.9 Å². The zero-order valence-electron chi connectivity index (χ0n) is 10.7. The van der Waals surface area contributed by atoms with E-state index >= 15 is 0 Å². The average Bonchev–Trinajstić information content (AvgIpc) is 2.73. The van der Waals surface area contributed by atoms with Crippen LogP contribution in [0.5, 0.6) is 0 Å². The van der Waals surface area contributed by atoms with E-state index in [9.17, 15) is 9.18 Å². The molecule has 0 aliphatic rings. The lowest BCUT2D eigenvalue weighted by Crippen LogP contribution is -2.45. The number of carbonyl (C=O) groups is 1. The summed E-state index contributed by atoms with van der Waals surface area (Å²) in [6.45, 7) is 5.89. The lowest BCUT2D eigenvalue weighted by molar-refractivity contribution is -0.110. The zero-order valence-corrected chi connectivity index (χ0v) is 11.5. The van der Waals surface area contributed by atoms with Gasteiger partial charge in [0.1, 0.15) is 5.82 Å². The molecule has 0 fully saturated rings. The van der Waals surface area contributed by atoms with Gasteiger partial charge in [-0.15, -0.1) is 11.3 Å². The molecule has 0 radical (unpaired) electrons. The number of halogens is 1. The molecule has 0 aliphatic heterocycles. The molecule has 1 aromatic carbocycles. The van der Waals surface area contributed by atoms with Gasteiger partial charge >= 0.3 is 0 Å². The maximum absolute atomic E-state index is 12.5. The highest BCUT2D eigenvalue weighted by molar-refractivity contribution is 7.17. The van der Waals surface area contributed by atoms with Crippen LogP contribution in [0.3, 0.4) is 0 Å². The van der Waals surface area contributed by atoms with Gasteiger partial charge < -0.3 is 0 Å². The lowest BCUT2D eigenvalue weighted by atomic mass is 10.1. The highest BCUT2D eigenvalue weighted by atomic mass is 32.1. The van der Waals surface area contributed by atoms with Gasteiger partial charge in [-0.3, -0.25) is 10.2 Å². The van der Waals surface area contributed by atoms with E-state index in [0.29, 0.717) is 6.41 Å². The monoisotopic (exact) mass is 268 g/mol. The van der Waals surface area contributed by atoms with E-state index < -0.39 is 0 Å². The summed E-state index contributed by atoms with van der Waals surface area (Å²) in [7, 11) is 0. The number of hydrogen-bond acceptors (Lipinski definition) is 3. The van der Waals surface area contributed by atoms with Crippen molar-refractivity contribution in [3.05, 3.63) is 35.5 Å². The molecule has 2 N–H and O–H groups in total. The SMILES string of the molecule is CC(C)(C)NNC=O.Fc1ccc2ccsc2c1.